The van der Waals surface area contributed by atoms with Gasteiger partial charge in [0, 0.05) is 17.1 Å². The average Bonchev–Trinajstić information content (AvgIpc) is 3.19. The van der Waals surface area contributed by atoms with E-state index in [1.165, 1.54) is 0 Å². The Bertz CT molecular complexity index is 915. The summed E-state index contributed by atoms with van der Waals surface area (Å²) in [5, 5.41) is 18.3. The molecule has 6 nitrogen and oxygen atoms in total. The fourth-order valence-corrected chi connectivity index (χ4v) is 3.03. The van der Waals surface area contributed by atoms with Crippen molar-refractivity contribution in [3.63, 3.8) is 0 Å². The number of benzene rings is 2. The first-order chi connectivity index (χ1) is 13.9. The summed E-state index contributed by atoms with van der Waals surface area (Å²) in [6, 6.07) is 14.9. The Morgan fingerprint density at radius 1 is 1.17 bits per heavy atom. The minimum Gasteiger partial charge on any atom is -0.491 e. The van der Waals surface area contributed by atoms with E-state index in [-0.39, 0.29) is 18.6 Å². The number of aliphatic hydroxyl groups is 1. The van der Waals surface area contributed by atoms with E-state index in [1.54, 1.807) is 0 Å². The van der Waals surface area contributed by atoms with E-state index < -0.39 is 6.10 Å². The molecule has 0 aliphatic rings. The second-order valence-electron chi connectivity index (χ2n) is 7.33. The van der Waals surface area contributed by atoms with Crippen molar-refractivity contribution < 1.29 is 14.4 Å². The zero-order chi connectivity index (χ0) is 20.8. The van der Waals surface area contributed by atoms with Gasteiger partial charge < -0.3 is 19.7 Å². The van der Waals surface area contributed by atoms with Crippen LogP contribution in [-0.4, -0.2) is 34.5 Å². The summed E-state index contributed by atoms with van der Waals surface area (Å²) in [4.78, 5) is 4.53. The van der Waals surface area contributed by atoms with Gasteiger partial charge in [-0.25, -0.2) is 0 Å². The van der Waals surface area contributed by atoms with Gasteiger partial charge in [0.15, 0.2) is 0 Å². The molecule has 2 unspecified atom stereocenters. The van der Waals surface area contributed by atoms with E-state index in [4.69, 9.17) is 20.9 Å². The first kappa shape index (κ1) is 21.3. The molecule has 1 heterocycles. The molecule has 0 radical (unpaired) electrons. The number of ether oxygens (including phenoxy) is 1. The average molecular weight is 416 g/mol. The van der Waals surface area contributed by atoms with Crippen LogP contribution in [-0.2, 0) is 0 Å². The van der Waals surface area contributed by atoms with Crippen LogP contribution in [0.3, 0.4) is 0 Å². The van der Waals surface area contributed by atoms with Gasteiger partial charge in [0.05, 0.1) is 6.04 Å². The third kappa shape index (κ3) is 5.79. The maximum atomic E-state index is 10.3. The molecule has 0 spiro atoms. The van der Waals surface area contributed by atoms with Gasteiger partial charge in [0.25, 0.3) is 0 Å². The number of halogens is 1. The first-order valence-corrected chi connectivity index (χ1v) is 10.0. The molecule has 3 rings (SSSR count). The molecule has 0 fully saturated rings. The second-order valence-corrected chi connectivity index (χ2v) is 7.74. The Balaban J connectivity index is 1.61. The van der Waals surface area contributed by atoms with E-state index in [0.29, 0.717) is 23.3 Å². The van der Waals surface area contributed by atoms with Crippen molar-refractivity contribution in [2.75, 3.05) is 13.2 Å². The van der Waals surface area contributed by atoms with E-state index in [2.05, 4.69) is 29.3 Å². The van der Waals surface area contributed by atoms with E-state index in [1.807, 2.05) is 55.5 Å². The molecule has 0 saturated carbocycles. The lowest BCUT2D eigenvalue weighted by Gasteiger charge is -2.21. The summed E-state index contributed by atoms with van der Waals surface area (Å²) in [7, 11) is 0. The van der Waals surface area contributed by atoms with Crippen LogP contribution in [0.1, 0.15) is 31.3 Å². The number of aryl methyl sites for hydroxylation is 1. The van der Waals surface area contributed by atoms with Crippen LogP contribution in [0.2, 0.25) is 5.02 Å². The van der Waals surface area contributed by atoms with Gasteiger partial charge in [-0.2, -0.15) is 4.98 Å². The monoisotopic (exact) mass is 415 g/mol. The van der Waals surface area contributed by atoms with Gasteiger partial charge in [-0.1, -0.05) is 60.9 Å². The molecule has 2 N–H and O–H groups in total. The van der Waals surface area contributed by atoms with Crippen molar-refractivity contribution in [2.45, 2.75) is 32.9 Å². The highest BCUT2D eigenvalue weighted by atomic mass is 35.5. The van der Waals surface area contributed by atoms with E-state index in [0.717, 1.165) is 16.9 Å². The second kappa shape index (κ2) is 9.87. The third-order valence-corrected chi connectivity index (χ3v) is 4.97. The summed E-state index contributed by atoms with van der Waals surface area (Å²) >= 11 is 6.20. The molecular weight excluding hydrogens is 390 g/mol. The smallest absolute Gasteiger partial charge is 0.244 e. The Morgan fingerprint density at radius 2 is 1.93 bits per heavy atom. The van der Waals surface area contributed by atoms with Gasteiger partial charge in [-0.05, 0) is 36.6 Å². The van der Waals surface area contributed by atoms with Gasteiger partial charge in [-0.15, -0.1) is 0 Å². The number of rotatable bonds is 9. The van der Waals surface area contributed by atoms with Crippen LogP contribution < -0.4 is 10.1 Å². The lowest BCUT2D eigenvalue weighted by Crippen LogP contribution is -2.36. The molecule has 3 aromatic rings. The minimum atomic E-state index is -0.672. The summed E-state index contributed by atoms with van der Waals surface area (Å²) in [6.45, 7) is 6.58. The number of aromatic nitrogens is 2. The number of para-hydroxylation sites is 1. The van der Waals surface area contributed by atoms with Crippen LogP contribution in [0.15, 0.2) is 53.1 Å². The maximum absolute atomic E-state index is 10.3. The van der Waals surface area contributed by atoms with Crippen LogP contribution in [0.5, 0.6) is 5.75 Å². The van der Waals surface area contributed by atoms with Gasteiger partial charge in [0.1, 0.15) is 18.5 Å². The Morgan fingerprint density at radius 3 is 2.62 bits per heavy atom. The van der Waals surface area contributed by atoms with Crippen molar-refractivity contribution in [1.82, 2.24) is 15.5 Å². The quantitative estimate of drug-likeness (QED) is 0.538. The molecule has 154 valence electrons. The summed E-state index contributed by atoms with van der Waals surface area (Å²) in [5.74, 6) is 1.88. The number of hydrogen-bond acceptors (Lipinski definition) is 6. The molecule has 0 bridgehead atoms. The SMILES string of the molecule is Cc1ccc(-c2noc(C(NCC(O)COc3ccccc3)C(C)C)n2)cc1Cl. The van der Waals surface area contributed by atoms with Crippen LogP contribution in [0.25, 0.3) is 11.4 Å². The fraction of sp³-hybridized carbons (Fsp3) is 0.364. The van der Waals surface area contributed by atoms with Crippen molar-refractivity contribution >= 4 is 11.6 Å². The molecule has 0 amide bonds. The maximum Gasteiger partial charge on any atom is 0.244 e. The highest BCUT2D eigenvalue weighted by molar-refractivity contribution is 6.31. The molecule has 0 saturated heterocycles. The standard InChI is InChI=1S/C22H26ClN3O3/c1-14(2)20(24-12-17(27)13-28-18-7-5-4-6-8-18)22-25-21(26-29-22)16-10-9-15(3)19(23)11-16/h4-11,14,17,20,24,27H,12-13H2,1-3H3. The number of hydrogen-bond donors (Lipinski definition) is 2. The Labute approximate surface area is 175 Å². The first-order valence-electron chi connectivity index (χ1n) is 9.63. The van der Waals surface area contributed by atoms with Crippen molar-refractivity contribution in [1.29, 1.82) is 0 Å². The molecular formula is C22H26ClN3O3. The van der Waals surface area contributed by atoms with E-state index >= 15 is 0 Å². The van der Waals surface area contributed by atoms with Crippen LogP contribution >= 0.6 is 11.6 Å². The van der Waals surface area contributed by atoms with Crippen molar-refractivity contribution in [3.8, 4) is 17.1 Å². The highest BCUT2D eigenvalue weighted by Gasteiger charge is 2.23. The van der Waals surface area contributed by atoms with Crippen LogP contribution in [0, 0.1) is 12.8 Å². The molecule has 1 aromatic heterocycles. The largest absolute Gasteiger partial charge is 0.491 e. The van der Waals surface area contributed by atoms with Gasteiger partial charge in [-0.3, -0.25) is 0 Å². The summed E-state index contributed by atoms with van der Waals surface area (Å²) < 4.78 is 11.1. The third-order valence-electron chi connectivity index (χ3n) is 4.56. The molecule has 2 aromatic carbocycles. The molecule has 2 atom stereocenters. The molecule has 0 aliphatic heterocycles. The lowest BCUT2D eigenvalue weighted by atomic mass is 10.0. The topological polar surface area (TPSA) is 80.4 Å². The molecule has 0 aliphatic carbocycles. The predicted molar refractivity (Wildman–Crippen MR) is 113 cm³/mol. The fourth-order valence-electron chi connectivity index (χ4n) is 2.85. The number of aliphatic hydroxyl groups excluding tert-OH is 1. The van der Waals surface area contributed by atoms with Crippen LogP contribution in [0.4, 0.5) is 0 Å². The molecule has 7 heteroatoms. The zero-order valence-corrected chi connectivity index (χ0v) is 17.6. The Hall–Kier alpha value is -2.41. The number of nitrogens with one attached hydrogen (secondary N) is 1. The minimum absolute atomic E-state index is 0.187. The normalized spacial score (nSPS) is 13.4. The molecule has 29 heavy (non-hydrogen) atoms. The van der Waals surface area contributed by atoms with Gasteiger partial charge in [0.2, 0.25) is 11.7 Å². The van der Waals surface area contributed by atoms with E-state index in [9.17, 15) is 5.11 Å². The Kier molecular flexibility index (Phi) is 7.25. The predicted octanol–water partition coefficient (Wildman–Crippen LogP) is 4.43. The van der Waals surface area contributed by atoms with Crippen molar-refractivity contribution in [2.24, 2.45) is 5.92 Å². The van der Waals surface area contributed by atoms with Gasteiger partial charge >= 0.3 is 0 Å². The van der Waals surface area contributed by atoms with Crippen molar-refractivity contribution in [3.05, 3.63) is 65.0 Å². The highest BCUT2D eigenvalue weighted by Crippen LogP contribution is 2.26. The summed E-state index contributed by atoms with van der Waals surface area (Å²) in [5.41, 5.74) is 1.79. The number of nitrogens with zero attached hydrogens (tertiary/aromatic N) is 2. The zero-order valence-electron chi connectivity index (χ0n) is 16.8. The summed E-state index contributed by atoms with van der Waals surface area (Å²) in [6.07, 6.45) is -0.672. The lowest BCUT2D eigenvalue weighted by molar-refractivity contribution is 0.0994.